The number of hydrogen-bond donors (Lipinski definition) is 2. The van der Waals surface area contributed by atoms with Crippen molar-refractivity contribution in [3.63, 3.8) is 0 Å². The normalized spacial score (nSPS) is 11.1. The van der Waals surface area contributed by atoms with Crippen molar-refractivity contribution in [1.82, 2.24) is 5.43 Å². The average molecular weight is 409 g/mol. The molecule has 3 N–H and O–H groups in total. The fourth-order valence-electron chi connectivity index (χ4n) is 1.80. The van der Waals surface area contributed by atoms with Crippen LogP contribution in [0, 0.1) is 3.57 Å². The maximum absolute atomic E-state index is 12.1. The van der Waals surface area contributed by atoms with Gasteiger partial charge in [-0.25, -0.2) is 5.43 Å². The Hall–Kier alpha value is -2.09. The van der Waals surface area contributed by atoms with Crippen molar-refractivity contribution in [1.29, 1.82) is 0 Å². The summed E-state index contributed by atoms with van der Waals surface area (Å²) >= 11 is 2.12. The largest absolute Gasteiger partial charge is 0.496 e. The van der Waals surface area contributed by atoms with Crippen LogP contribution in [0.15, 0.2) is 47.6 Å². The zero-order chi connectivity index (χ0) is 16.1. The maximum Gasteiger partial charge on any atom is 0.271 e. The Morgan fingerprint density at radius 3 is 2.41 bits per heavy atom. The highest BCUT2D eigenvalue weighted by molar-refractivity contribution is 14.1. The van der Waals surface area contributed by atoms with E-state index in [1.54, 1.807) is 37.4 Å². The molecule has 6 heteroatoms. The highest BCUT2D eigenvalue weighted by atomic mass is 127. The van der Waals surface area contributed by atoms with Crippen molar-refractivity contribution in [2.24, 2.45) is 5.10 Å². The molecule has 2 rings (SSSR count). The second-order valence-electron chi connectivity index (χ2n) is 4.61. The number of benzene rings is 2. The van der Waals surface area contributed by atoms with E-state index in [-0.39, 0.29) is 5.91 Å². The van der Waals surface area contributed by atoms with Crippen LogP contribution in [0.25, 0.3) is 0 Å². The van der Waals surface area contributed by atoms with Crippen molar-refractivity contribution in [2.45, 2.75) is 6.92 Å². The van der Waals surface area contributed by atoms with Crippen molar-refractivity contribution in [2.75, 3.05) is 12.8 Å². The van der Waals surface area contributed by atoms with Crippen LogP contribution >= 0.6 is 22.6 Å². The molecule has 5 nitrogen and oxygen atoms in total. The minimum absolute atomic E-state index is 0.268. The van der Waals surface area contributed by atoms with Gasteiger partial charge in [-0.2, -0.15) is 5.10 Å². The Labute approximate surface area is 142 Å². The van der Waals surface area contributed by atoms with E-state index in [0.717, 1.165) is 14.9 Å². The van der Waals surface area contributed by atoms with E-state index in [4.69, 9.17) is 10.5 Å². The molecule has 0 heterocycles. The third kappa shape index (κ3) is 3.97. The molecule has 0 atom stereocenters. The predicted octanol–water partition coefficient (Wildman–Crippen LogP) is 3.04. The number of nitrogens with one attached hydrogen (secondary N) is 1. The van der Waals surface area contributed by atoms with Crippen LogP contribution < -0.4 is 15.9 Å². The topological polar surface area (TPSA) is 76.7 Å². The standard InChI is InChI=1S/C16H16IN3O2/c1-10(11-3-6-13(18)7-4-11)19-20-16(21)12-5-8-15(22-2)14(17)9-12/h3-9H,18H2,1-2H3,(H,20,21)/b19-10-. The molecule has 0 fully saturated rings. The Bertz CT molecular complexity index is 712. The van der Waals surface area contributed by atoms with Gasteiger partial charge in [-0.05, 0) is 65.4 Å². The predicted molar refractivity (Wildman–Crippen MR) is 96.2 cm³/mol. The van der Waals surface area contributed by atoms with E-state index < -0.39 is 0 Å². The second-order valence-corrected chi connectivity index (χ2v) is 5.77. The molecule has 114 valence electrons. The molecule has 0 spiro atoms. The molecular formula is C16H16IN3O2. The van der Waals surface area contributed by atoms with E-state index in [1.807, 2.05) is 19.1 Å². The summed E-state index contributed by atoms with van der Waals surface area (Å²) in [5.41, 5.74) is 11.0. The Kier molecular flexibility index (Phi) is 5.37. The molecule has 0 aliphatic heterocycles. The van der Waals surface area contributed by atoms with E-state index >= 15 is 0 Å². The average Bonchev–Trinajstić information content (AvgIpc) is 2.52. The van der Waals surface area contributed by atoms with Crippen LogP contribution in [-0.2, 0) is 0 Å². The molecule has 0 radical (unpaired) electrons. The van der Waals surface area contributed by atoms with Gasteiger partial charge in [0.2, 0.25) is 0 Å². The van der Waals surface area contributed by atoms with Crippen LogP contribution in [0.4, 0.5) is 5.69 Å². The van der Waals surface area contributed by atoms with Crippen molar-refractivity contribution in [3.05, 3.63) is 57.2 Å². The molecule has 2 aromatic carbocycles. The van der Waals surface area contributed by atoms with Gasteiger partial charge >= 0.3 is 0 Å². The van der Waals surface area contributed by atoms with Crippen molar-refractivity contribution < 1.29 is 9.53 Å². The van der Waals surface area contributed by atoms with E-state index in [2.05, 4.69) is 33.1 Å². The van der Waals surface area contributed by atoms with Crippen molar-refractivity contribution in [3.8, 4) is 5.75 Å². The number of carbonyl (C=O) groups excluding carboxylic acids is 1. The number of halogens is 1. The summed E-state index contributed by atoms with van der Waals surface area (Å²) in [4.78, 5) is 12.1. The summed E-state index contributed by atoms with van der Waals surface area (Å²) < 4.78 is 6.04. The first-order chi connectivity index (χ1) is 10.5. The lowest BCUT2D eigenvalue weighted by Crippen LogP contribution is -2.19. The molecule has 0 aromatic heterocycles. The van der Waals surface area contributed by atoms with Gasteiger partial charge in [-0.1, -0.05) is 12.1 Å². The lowest BCUT2D eigenvalue weighted by molar-refractivity contribution is 0.0954. The number of nitrogen functional groups attached to an aromatic ring is 1. The lowest BCUT2D eigenvalue weighted by Gasteiger charge is -2.06. The van der Waals surface area contributed by atoms with Crippen LogP contribution in [0.3, 0.4) is 0 Å². The summed E-state index contributed by atoms with van der Waals surface area (Å²) in [5, 5.41) is 4.12. The zero-order valence-electron chi connectivity index (χ0n) is 12.3. The smallest absolute Gasteiger partial charge is 0.271 e. The van der Waals surface area contributed by atoms with Crippen LogP contribution in [0.1, 0.15) is 22.8 Å². The highest BCUT2D eigenvalue weighted by Crippen LogP contribution is 2.21. The summed E-state index contributed by atoms with van der Waals surface area (Å²) in [6, 6.07) is 12.5. The first kappa shape index (κ1) is 16.3. The van der Waals surface area contributed by atoms with Gasteiger partial charge in [0.1, 0.15) is 5.75 Å². The molecule has 22 heavy (non-hydrogen) atoms. The van der Waals surface area contributed by atoms with Gasteiger partial charge in [0.05, 0.1) is 16.4 Å². The molecule has 0 saturated heterocycles. The molecule has 0 saturated carbocycles. The number of amides is 1. The number of hydrazone groups is 1. The number of methoxy groups -OCH3 is 1. The van der Waals surface area contributed by atoms with Crippen LogP contribution in [0.5, 0.6) is 5.75 Å². The third-order valence-corrected chi connectivity index (χ3v) is 3.91. The third-order valence-electron chi connectivity index (χ3n) is 3.07. The minimum atomic E-state index is -0.268. The number of nitrogens with two attached hydrogens (primary N) is 1. The summed E-state index contributed by atoms with van der Waals surface area (Å²) in [7, 11) is 1.59. The van der Waals surface area contributed by atoms with Gasteiger partial charge < -0.3 is 10.5 Å². The first-order valence-corrected chi connectivity index (χ1v) is 7.63. The SMILES string of the molecule is COc1ccc(C(=O)N/N=C(/C)c2ccc(N)cc2)cc1I. The number of carbonyl (C=O) groups is 1. The number of anilines is 1. The van der Waals surface area contributed by atoms with Gasteiger partial charge in [0, 0.05) is 11.3 Å². The number of rotatable bonds is 4. The number of hydrogen-bond acceptors (Lipinski definition) is 4. The van der Waals surface area contributed by atoms with E-state index in [1.165, 1.54) is 0 Å². The highest BCUT2D eigenvalue weighted by Gasteiger charge is 2.08. The first-order valence-electron chi connectivity index (χ1n) is 6.55. The number of nitrogens with zero attached hydrogens (tertiary/aromatic N) is 1. The van der Waals surface area contributed by atoms with Crippen LogP contribution in [-0.4, -0.2) is 18.7 Å². The molecule has 0 bridgehead atoms. The molecule has 1 amide bonds. The maximum atomic E-state index is 12.1. The molecule has 2 aromatic rings. The Balaban J connectivity index is 2.10. The molecule has 0 aliphatic carbocycles. The Morgan fingerprint density at radius 1 is 1.18 bits per heavy atom. The Morgan fingerprint density at radius 2 is 1.82 bits per heavy atom. The van der Waals surface area contributed by atoms with Crippen LogP contribution in [0.2, 0.25) is 0 Å². The minimum Gasteiger partial charge on any atom is -0.496 e. The van der Waals surface area contributed by atoms with Gasteiger partial charge in [0.15, 0.2) is 0 Å². The summed E-state index contributed by atoms with van der Waals surface area (Å²) in [6.45, 7) is 1.82. The van der Waals surface area contributed by atoms with Gasteiger partial charge in [-0.3, -0.25) is 4.79 Å². The van der Waals surface area contributed by atoms with E-state index in [0.29, 0.717) is 17.0 Å². The second kappa shape index (κ2) is 7.26. The molecule has 0 unspecified atom stereocenters. The quantitative estimate of drug-likeness (QED) is 0.353. The van der Waals surface area contributed by atoms with E-state index in [9.17, 15) is 4.79 Å². The fourth-order valence-corrected chi connectivity index (χ4v) is 2.53. The molecular weight excluding hydrogens is 393 g/mol. The summed E-state index contributed by atoms with van der Waals surface area (Å²) in [6.07, 6.45) is 0. The monoisotopic (exact) mass is 409 g/mol. The lowest BCUT2D eigenvalue weighted by atomic mass is 10.1. The summed E-state index contributed by atoms with van der Waals surface area (Å²) in [5.74, 6) is 0.467. The fraction of sp³-hybridized carbons (Fsp3) is 0.125. The zero-order valence-corrected chi connectivity index (χ0v) is 14.4. The molecule has 0 aliphatic rings. The van der Waals surface area contributed by atoms with Gasteiger partial charge in [-0.15, -0.1) is 0 Å². The van der Waals surface area contributed by atoms with Gasteiger partial charge in [0.25, 0.3) is 5.91 Å². The van der Waals surface area contributed by atoms with Crippen molar-refractivity contribution >= 4 is 39.9 Å². The number of ether oxygens (including phenoxy) is 1.